The highest BCUT2D eigenvalue weighted by molar-refractivity contribution is 5.75. The molecule has 0 aromatic heterocycles. The fraction of sp³-hybridized carbons (Fsp3) is 0.417. The average Bonchev–Trinajstić information content (AvgIpc) is 2.27. The van der Waals surface area contributed by atoms with Crippen LogP contribution in [0.25, 0.3) is 0 Å². The number of amides is 1. The summed E-state index contributed by atoms with van der Waals surface area (Å²) in [5, 5.41) is 0. The maximum absolute atomic E-state index is 11.3. The van der Waals surface area contributed by atoms with Crippen LogP contribution in [0.3, 0.4) is 0 Å². The van der Waals surface area contributed by atoms with E-state index in [9.17, 15) is 4.79 Å². The van der Waals surface area contributed by atoms with Gasteiger partial charge in [0.25, 0.3) is 0 Å². The molecule has 0 radical (unpaired) electrons. The number of hydrogen-bond donors (Lipinski definition) is 2. The zero-order chi connectivity index (χ0) is 12.0. The van der Waals surface area contributed by atoms with Crippen molar-refractivity contribution in [1.82, 2.24) is 10.9 Å². The smallest absolute Gasteiger partial charge is 0.234 e. The van der Waals surface area contributed by atoms with Crippen LogP contribution in [0.15, 0.2) is 18.2 Å². The minimum Gasteiger partial charge on any atom is -0.496 e. The molecular weight excluding hydrogens is 204 g/mol. The monoisotopic (exact) mass is 222 g/mol. The van der Waals surface area contributed by atoms with Crippen molar-refractivity contribution in [3.05, 3.63) is 29.3 Å². The number of aryl methyl sites for hydroxylation is 2. The first-order valence-electron chi connectivity index (χ1n) is 5.26. The van der Waals surface area contributed by atoms with E-state index in [0.717, 1.165) is 11.3 Å². The van der Waals surface area contributed by atoms with Gasteiger partial charge in [-0.1, -0.05) is 17.7 Å². The predicted molar refractivity (Wildman–Crippen MR) is 63.3 cm³/mol. The maximum atomic E-state index is 11.3. The molecular formula is C12H18N2O2. The van der Waals surface area contributed by atoms with Gasteiger partial charge in [-0.15, -0.1) is 0 Å². The molecule has 1 aromatic carbocycles. The van der Waals surface area contributed by atoms with Crippen LogP contribution < -0.4 is 15.6 Å². The summed E-state index contributed by atoms with van der Waals surface area (Å²) in [4.78, 5) is 11.3. The molecule has 0 aliphatic heterocycles. The summed E-state index contributed by atoms with van der Waals surface area (Å²) in [6.45, 7) is 2.02. The van der Waals surface area contributed by atoms with Crippen LogP contribution in [0, 0.1) is 6.92 Å². The molecule has 1 rings (SSSR count). The third-order valence-electron chi connectivity index (χ3n) is 2.32. The van der Waals surface area contributed by atoms with Crippen molar-refractivity contribution < 1.29 is 9.53 Å². The highest BCUT2D eigenvalue weighted by Crippen LogP contribution is 2.20. The predicted octanol–water partition coefficient (Wildman–Crippen LogP) is 1.19. The first-order chi connectivity index (χ1) is 7.67. The van der Waals surface area contributed by atoms with Crippen LogP contribution in [-0.4, -0.2) is 20.1 Å². The molecule has 0 atom stereocenters. The van der Waals surface area contributed by atoms with Gasteiger partial charge in [0.15, 0.2) is 0 Å². The van der Waals surface area contributed by atoms with E-state index < -0.39 is 0 Å². The summed E-state index contributed by atoms with van der Waals surface area (Å²) in [6, 6.07) is 5.97. The Labute approximate surface area is 96.0 Å². The van der Waals surface area contributed by atoms with Crippen LogP contribution in [0.5, 0.6) is 5.75 Å². The standard InChI is InChI=1S/C12H18N2O2/c1-9-4-6-11(16-3)10(8-9)5-7-12(15)14-13-2/h4,6,8,13H,5,7H2,1-3H3,(H,14,15). The second-order valence-electron chi connectivity index (χ2n) is 3.61. The lowest BCUT2D eigenvalue weighted by molar-refractivity contribution is -0.121. The molecule has 0 saturated heterocycles. The van der Waals surface area contributed by atoms with E-state index in [-0.39, 0.29) is 5.91 Å². The van der Waals surface area contributed by atoms with E-state index in [4.69, 9.17) is 4.74 Å². The number of ether oxygens (including phenoxy) is 1. The molecule has 2 N–H and O–H groups in total. The first-order valence-corrected chi connectivity index (χ1v) is 5.26. The lowest BCUT2D eigenvalue weighted by atomic mass is 10.1. The number of hydrazine groups is 1. The van der Waals surface area contributed by atoms with Crippen molar-refractivity contribution in [2.45, 2.75) is 19.8 Å². The molecule has 0 saturated carbocycles. The Morgan fingerprint density at radius 1 is 1.44 bits per heavy atom. The van der Waals surface area contributed by atoms with Crippen LogP contribution in [0.2, 0.25) is 0 Å². The van der Waals surface area contributed by atoms with E-state index in [0.29, 0.717) is 12.8 Å². The molecule has 0 spiro atoms. The topological polar surface area (TPSA) is 50.4 Å². The SMILES string of the molecule is CNNC(=O)CCc1cc(C)ccc1OC. The summed E-state index contributed by atoms with van der Waals surface area (Å²) in [5.41, 5.74) is 7.39. The van der Waals surface area contributed by atoms with E-state index in [2.05, 4.69) is 10.9 Å². The summed E-state index contributed by atoms with van der Waals surface area (Å²) < 4.78 is 5.25. The van der Waals surface area contributed by atoms with E-state index in [1.54, 1.807) is 14.2 Å². The highest BCUT2D eigenvalue weighted by Gasteiger charge is 2.06. The summed E-state index contributed by atoms with van der Waals surface area (Å²) in [5.74, 6) is 0.814. The van der Waals surface area contributed by atoms with Gasteiger partial charge in [0.05, 0.1) is 7.11 Å². The molecule has 88 valence electrons. The quantitative estimate of drug-likeness (QED) is 0.736. The largest absolute Gasteiger partial charge is 0.496 e. The Morgan fingerprint density at radius 3 is 2.81 bits per heavy atom. The normalized spacial score (nSPS) is 9.94. The number of carbonyl (C=O) groups excluding carboxylic acids is 1. The number of benzene rings is 1. The molecule has 0 fully saturated rings. The van der Waals surface area contributed by atoms with Crippen LogP contribution in [-0.2, 0) is 11.2 Å². The summed E-state index contributed by atoms with van der Waals surface area (Å²) >= 11 is 0. The second-order valence-corrected chi connectivity index (χ2v) is 3.61. The van der Waals surface area contributed by atoms with Crippen molar-refractivity contribution in [2.24, 2.45) is 0 Å². The van der Waals surface area contributed by atoms with Gasteiger partial charge >= 0.3 is 0 Å². The van der Waals surface area contributed by atoms with E-state index >= 15 is 0 Å². The Balaban J connectivity index is 2.65. The third kappa shape index (κ3) is 3.55. The maximum Gasteiger partial charge on any atom is 0.234 e. The summed E-state index contributed by atoms with van der Waals surface area (Å²) in [7, 11) is 3.31. The molecule has 0 aliphatic carbocycles. The van der Waals surface area contributed by atoms with Crippen molar-refractivity contribution in [3.63, 3.8) is 0 Å². The highest BCUT2D eigenvalue weighted by atomic mass is 16.5. The number of carbonyl (C=O) groups is 1. The van der Waals surface area contributed by atoms with Gasteiger partial charge in [0, 0.05) is 13.5 Å². The van der Waals surface area contributed by atoms with Crippen molar-refractivity contribution in [1.29, 1.82) is 0 Å². The lowest BCUT2D eigenvalue weighted by Gasteiger charge is -2.09. The van der Waals surface area contributed by atoms with Crippen molar-refractivity contribution in [3.8, 4) is 5.75 Å². The number of hydrogen-bond acceptors (Lipinski definition) is 3. The first kappa shape index (κ1) is 12.5. The molecule has 1 amide bonds. The zero-order valence-electron chi connectivity index (χ0n) is 9.96. The van der Waals surface area contributed by atoms with E-state index in [1.807, 2.05) is 25.1 Å². The van der Waals surface area contributed by atoms with Crippen LogP contribution in [0.4, 0.5) is 0 Å². The lowest BCUT2D eigenvalue weighted by Crippen LogP contribution is -2.34. The second kappa shape index (κ2) is 6.12. The van der Waals surface area contributed by atoms with Gasteiger partial charge in [0.2, 0.25) is 5.91 Å². The molecule has 0 bridgehead atoms. The van der Waals surface area contributed by atoms with Crippen LogP contribution in [0.1, 0.15) is 17.5 Å². The number of nitrogens with one attached hydrogen (secondary N) is 2. The molecule has 4 heteroatoms. The molecule has 0 heterocycles. The Bertz CT molecular complexity index is 364. The molecule has 1 aromatic rings. The Hall–Kier alpha value is -1.55. The average molecular weight is 222 g/mol. The minimum atomic E-state index is -0.0222. The Morgan fingerprint density at radius 2 is 2.19 bits per heavy atom. The number of methoxy groups -OCH3 is 1. The van der Waals surface area contributed by atoms with Gasteiger partial charge in [-0.05, 0) is 25.0 Å². The van der Waals surface area contributed by atoms with Crippen LogP contribution >= 0.6 is 0 Å². The van der Waals surface area contributed by atoms with E-state index in [1.165, 1.54) is 5.56 Å². The van der Waals surface area contributed by atoms with Crippen molar-refractivity contribution in [2.75, 3.05) is 14.2 Å². The molecule has 0 aliphatic rings. The van der Waals surface area contributed by atoms with Gasteiger partial charge < -0.3 is 4.74 Å². The Kier molecular flexibility index (Phi) is 4.79. The van der Waals surface area contributed by atoms with Gasteiger partial charge in [-0.25, -0.2) is 5.43 Å². The molecule has 0 unspecified atom stereocenters. The third-order valence-corrected chi connectivity index (χ3v) is 2.32. The van der Waals surface area contributed by atoms with Crippen molar-refractivity contribution >= 4 is 5.91 Å². The van der Waals surface area contributed by atoms with Gasteiger partial charge in [-0.2, -0.15) is 0 Å². The fourth-order valence-electron chi connectivity index (χ4n) is 1.55. The fourth-order valence-corrected chi connectivity index (χ4v) is 1.55. The van der Waals surface area contributed by atoms with Gasteiger partial charge in [0.1, 0.15) is 5.75 Å². The summed E-state index contributed by atoms with van der Waals surface area (Å²) in [6.07, 6.45) is 1.12. The molecule has 16 heavy (non-hydrogen) atoms. The molecule has 4 nitrogen and oxygen atoms in total. The number of rotatable bonds is 5. The minimum absolute atomic E-state index is 0.0222. The zero-order valence-corrected chi connectivity index (χ0v) is 9.96. The van der Waals surface area contributed by atoms with Gasteiger partial charge in [-0.3, -0.25) is 10.2 Å².